The molecular formula is C2H3N2S. The average molecular weight is 87.1 g/mol. The van der Waals surface area contributed by atoms with Crippen LogP contribution in [0.25, 0.3) is 0 Å². The van der Waals surface area contributed by atoms with Crippen LogP contribution in [0, 0.1) is 0 Å². The second kappa shape index (κ2) is 1.31. The van der Waals surface area contributed by atoms with Gasteiger partial charge in [-0.3, -0.25) is 4.99 Å². The second-order valence-electron chi connectivity index (χ2n) is 0.662. The highest BCUT2D eigenvalue weighted by Gasteiger charge is 1.86. The minimum atomic E-state index is 0.819. The number of aliphatic imine (C=N–C) groups is 1. The molecule has 0 aromatic carbocycles. The zero-order chi connectivity index (χ0) is 3.54. The summed E-state index contributed by atoms with van der Waals surface area (Å²) < 4.78 is 3.71. The van der Waals surface area contributed by atoms with Crippen LogP contribution in [0.4, 0.5) is 0 Å². The fourth-order valence-electron chi connectivity index (χ4n) is 0.167. The van der Waals surface area contributed by atoms with Crippen LogP contribution in [0.3, 0.4) is 0 Å². The van der Waals surface area contributed by atoms with E-state index in [9.17, 15) is 0 Å². The van der Waals surface area contributed by atoms with E-state index in [1.165, 1.54) is 11.9 Å². The zero-order valence-corrected chi connectivity index (χ0v) is 3.40. The van der Waals surface area contributed by atoms with Gasteiger partial charge in [0.05, 0.1) is 0 Å². The van der Waals surface area contributed by atoms with E-state index in [1.54, 1.807) is 6.34 Å². The highest BCUT2D eigenvalue weighted by molar-refractivity contribution is 7.98. The first-order valence-corrected chi connectivity index (χ1v) is 2.25. The molecule has 0 unspecified atom stereocenters. The fraction of sp³-hybridized carbons (Fsp3) is 0.500. The third kappa shape index (κ3) is 0.545. The molecule has 0 amide bonds. The predicted octanol–water partition coefficient (Wildman–Crippen LogP) is 0.238. The summed E-state index contributed by atoms with van der Waals surface area (Å²) in [6.07, 6.45) is 1.57. The molecule has 0 spiro atoms. The Kier molecular flexibility index (Phi) is 0.792. The lowest BCUT2D eigenvalue weighted by Crippen LogP contribution is -1.75. The van der Waals surface area contributed by atoms with Crippen LogP contribution < -0.4 is 4.72 Å². The molecule has 0 atom stereocenters. The normalized spacial score (nSPS) is 19.2. The Morgan fingerprint density at radius 1 is 1.80 bits per heavy atom. The summed E-state index contributed by atoms with van der Waals surface area (Å²) in [5, 5.41) is 0. The van der Waals surface area contributed by atoms with E-state index >= 15 is 0 Å². The van der Waals surface area contributed by atoms with Crippen molar-refractivity contribution in [2.45, 2.75) is 0 Å². The first-order valence-electron chi connectivity index (χ1n) is 1.30. The average Bonchev–Trinajstić information content (AvgIpc) is 1.76. The standard InChI is InChI=1S/C2H3N2S/c1-3-2-5-4-1/h1H,2H2. The maximum atomic E-state index is 3.75. The first-order chi connectivity index (χ1) is 2.50. The summed E-state index contributed by atoms with van der Waals surface area (Å²) in [4.78, 5) is 3.75. The summed E-state index contributed by atoms with van der Waals surface area (Å²) in [7, 11) is 0. The number of hydrogen-bond acceptors (Lipinski definition) is 2. The Bertz CT molecular complexity index is 45.6. The summed E-state index contributed by atoms with van der Waals surface area (Å²) in [6.45, 7) is 0. The summed E-state index contributed by atoms with van der Waals surface area (Å²) in [6, 6.07) is 0. The van der Waals surface area contributed by atoms with Crippen LogP contribution >= 0.6 is 11.9 Å². The van der Waals surface area contributed by atoms with Gasteiger partial charge in [-0.05, 0) is 11.9 Å². The molecular weight excluding hydrogens is 84.1 g/mol. The van der Waals surface area contributed by atoms with Crippen LogP contribution in [0.15, 0.2) is 4.99 Å². The van der Waals surface area contributed by atoms with E-state index in [2.05, 4.69) is 9.71 Å². The highest BCUT2D eigenvalue weighted by atomic mass is 32.2. The third-order valence-corrected chi connectivity index (χ3v) is 0.843. The number of hydrogen-bond donors (Lipinski definition) is 0. The maximum absolute atomic E-state index is 3.75. The van der Waals surface area contributed by atoms with Crippen molar-refractivity contribution >= 4 is 18.3 Å². The molecule has 0 aromatic heterocycles. The Hall–Kier alpha value is -0.180. The first kappa shape index (κ1) is 3.03. The van der Waals surface area contributed by atoms with Crippen molar-refractivity contribution in [3.8, 4) is 0 Å². The zero-order valence-electron chi connectivity index (χ0n) is 2.59. The lowest BCUT2D eigenvalue weighted by atomic mass is 11.3. The summed E-state index contributed by atoms with van der Waals surface area (Å²) in [5.41, 5.74) is 0. The van der Waals surface area contributed by atoms with E-state index in [4.69, 9.17) is 0 Å². The molecule has 0 saturated carbocycles. The van der Waals surface area contributed by atoms with E-state index in [0.717, 1.165) is 5.88 Å². The van der Waals surface area contributed by atoms with Crippen molar-refractivity contribution in [1.29, 1.82) is 0 Å². The Balaban J connectivity index is 2.32. The third-order valence-electron chi connectivity index (χ3n) is 0.336. The van der Waals surface area contributed by atoms with Crippen LogP contribution in [0.5, 0.6) is 0 Å². The van der Waals surface area contributed by atoms with Gasteiger partial charge >= 0.3 is 0 Å². The SMILES string of the molecule is C1=NCS[N]1. The lowest BCUT2D eigenvalue weighted by Gasteiger charge is -1.68. The molecule has 27 valence electrons. The fourth-order valence-corrected chi connectivity index (χ4v) is 0.500. The Labute approximate surface area is 34.8 Å². The lowest BCUT2D eigenvalue weighted by molar-refractivity contribution is 1.42. The van der Waals surface area contributed by atoms with Gasteiger partial charge < -0.3 is 0 Å². The van der Waals surface area contributed by atoms with Crippen molar-refractivity contribution in [1.82, 2.24) is 4.72 Å². The van der Waals surface area contributed by atoms with Gasteiger partial charge in [0.1, 0.15) is 12.2 Å². The number of rotatable bonds is 0. The van der Waals surface area contributed by atoms with Gasteiger partial charge in [-0.15, -0.1) is 0 Å². The molecule has 0 bridgehead atoms. The molecule has 1 heterocycles. The molecule has 2 nitrogen and oxygen atoms in total. The predicted molar refractivity (Wildman–Crippen MR) is 23.1 cm³/mol. The van der Waals surface area contributed by atoms with Crippen molar-refractivity contribution in [3.05, 3.63) is 0 Å². The van der Waals surface area contributed by atoms with E-state index < -0.39 is 0 Å². The largest absolute Gasteiger partial charge is 0.260 e. The summed E-state index contributed by atoms with van der Waals surface area (Å²) >= 11 is 1.48. The van der Waals surface area contributed by atoms with E-state index in [-0.39, 0.29) is 0 Å². The topological polar surface area (TPSA) is 26.5 Å². The monoisotopic (exact) mass is 87.0 g/mol. The van der Waals surface area contributed by atoms with Crippen LogP contribution in [0.2, 0.25) is 0 Å². The molecule has 0 aliphatic carbocycles. The highest BCUT2D eigenvalue weighted by Crippen LogP contribution is 1.97. The van der Waals surface area contributed by atoms with Crippen molar-refractivity contribution < 1.29 is 0 Å². The van der Waals surface area contributed by atoms with Crippen LogP contribution in [0.1, 0.15) is 0 Å². The molecule has 0 aromatic rings. The maximum Gasteiger partial charge on any atom is 0.119 e. The molecule has 0 fully saturated rings. The van der Waals surface area contributed by atoms with E-state index in [0.29, 0.717) is 0 Å². The minimum Gasteiger partial charge on any atom is -0.260 e. The van der Waals surface area contributed by atoms with Crippen molar-refractivity contribution in [2.75, 3.05) is 5.88 Å². The van der Waals surface area contributed by atoms with Gasteiger partial charge in [0.2, 0.25) is 0 Å². The quantitative estimate of drug-likeness (QED) is 0.389. The van der Waals surface area contributed by atoms with Gasteiger partial charge in [-0.2, -0.15) is 0 Å². The van der Waals surface area contributed by atoms with Gasteiger partial charge in [-0.1, -0.05) is 0 Å². The van der Waals surface area contributed by atoms with Gasteiger partial charge in [0.25, 0.3) is 0 Å². The van der Waals surface area contributed by atoms with Crippen molar-refractivity contribution in [2.24, 2.45) is 4.99 Å². The molecule has 3 heteroatoms. The molecule has 0 saturated heterocycles. The Morgan fingerprint density at radius 2 is 2.80 bits per heavy atom. The minimum absolute atomic E-state index is 0.819. The molecule has 1 rings (SSSR count). The van der Waals surface area contributed by atoms with Gasteiger partial charge in [-0.25, -0.2) is 4.72 Å². The van der Waals surface area contributed by atoms with E-state index in [1.807, 2.05) is 0 Å². The molecule has 0 N–H and O–H groups in total. The van der Waals surface area contributed by atoms with Crippen LogP contribution in [-0.2, 0) is 0 Å². The number of nitrogens with zero attached hydrogens (tertiary/aromatic N) is 2. The molecule has 1 aliphatic rings. The summed E-state index contributed by atoms with van der Waals surface area (Å²) in [5.74, 6) is 0.819. The molecule has 5 heavy (non-hydrogen) atoms. The van der Waals surface area contributed by atoms with Gasteiger partial charge in [0.15, 0.2) is 0 Å². The van der Waals surface area contributed by atoms with Crippen LogP contribution in [-0.4, -0.2) is 12.2 Å². The second-order valence-corrected chi connectivity index (χ2v) is 1.39. The molecule has 1 radical (unpaired) electrons. The smallest absolute Gasteiger partial charge is 0.119 e. The molecule has 1 aliphatic heterocycles. The van der Waals surface area contributed by atoms with Crippen molar-refractivity contribution in [3.63, 3.8) is 0 Å². The Morgan fingerprint density at radius 3 is 3.00 bits per heavy atom. The van der Waals surface area contributed by atoms with Gasteiger partial charge in [0, 0.05) is 0 Å².